The van der Waals surface area contributed by atoms with Crippen molar-refractivity contribution in [3.63, 3.8) is 0 Å². The summed E-state index contributed by atoms with van der Waals surface area (Å²) in [7, 11) is 0. The van der Waals surface area contributed by atoms with Crippen LogP contribution in [-0.2, 0) is 38.8 Å². The minimum Gasteiger partial charge on any atom is -0.368 e. The average Bonchev–Trinajstić information content (AvgIpc) is 2.87. The molecular weight excluding hydrogens is 531 g/mol. The SMILES string of the molecule is O[C@H]1OC(CI)[C@H](OCc2ccccc2)[C@H](OCc2ccccc2)[C@H]1OCc1ccccc1. The molecule has 1 fully saturated rings. The Balaban J connectivity index is 1.53. The zero-order valence-electron chi connectivity index (χ0n) is 18.3. The van der Waals surface area contributed by atoms with Crippen LogP contribution in [0.4, 0.5) is 0 Å². The highest BCUT2D eigenvalue weighted by Gasteiger charge is 2.47. The van der Waals surface area contributed by atoms with Gasteiger partial charge in [-0.1, -0.05) is 114 Å². The van der Waals surface area contributed by atoms with E-state index in [-0.39, 0.29) is 6.10 Å². The molecule has 174 valence electrons. The summed E-state index contributed by atoms with van der Waals surface area (Å²) < 4.78 is 25.5. The minimum atomic E-state index is -1.11. The van der Waals surface area contributed by atoms with Gasteiger partial charge in [-0.05, 0) is 16.7 Å². The Morgan fingerprint density at radius 2 is 1.00 bits per heavy atom. The summed E-state index contributed by atoms with van der Waals surface area (Å²) in [4.78, 5) is 0. The number of rotatable bonds is 10. The lowest BCUT2D eigenvalue weighted by molar-refractivity contribution is -0.306. The summed E-state index contributed by atoms with van der Waals surface area (Å²) in [6.45, 7) is 1.16. The molecule has 1 unspecified atom stereocenters. The molecule has 3 aromatic carbocycles. The van der Waals surface area contributed by atoms with E-state index in [9.17, 15) is 5.11 Å². The van der Waals surface area contributed by atoms with Gasteiger partial charge in [0.15, 0.2) is 6.29 Å². The topological polar surface area (TPSA) is 57.2 Å². The maximum atomic E-state index is 10.8. The standard InChI is InChI=1S/C27H29IO5/c28-16-23-24(30-17-20-10-4-1-5-11-20)25(31-18-21-12-6-2-7-13-21)26(27(29)33-23)32-19-22-14-8-3-9-15-22/h1-15,23-27,29H,16-19H2/t23?,24-,25-,26+,27-/m0/s1. The molecule has 0 spiro atoms. The van der Waals surface area contributed by atoms with Gasteiger partial charge >= 0.3 is 0 Å². The summed E-state index contributed by atoms with van der Waals surface area (Å²) in [5, 5.41) is 10.8. The first kappa shape index (κ1) is 24.3. The van der Waals surface area contributed by atoms with Gasteiger partial charge in [0.05, 0.1) is 25.9 Å². The number of hydrogen-bond donors (Lipinski definition) is 1. The molecule has 0 saturated carbocycles. The Hall–Kier alpha value is -1.81. The zero-order valence-corrected chi connectivity index (χ0v) is 20.5. The molecule has 0 amide bonds. The lowest BCUT2D eigenvalue weighted by atomic mass is 9.98. The van der Waals surface area contributed by atoms with Gasteiger partial charge in [-0.2, -0.15) is 0 Å². The number of hydrogen-bond acceptors (Lipinski definition) is 5. The van der Waals surface area contributed by atoms with E-state index in [0.29, 0.717) is 24.2 Å². The molecule has 5 nitrogen and oxygen atoms in total. The fourth-order valence-corrected chi connectivity index (χ4v) is 4.60. The van der Waals surface area contributed by atoms with E-state index >= 15 is 0 Å². The van der Waals surface area contributed by atoms with Gasteiger partial charge in [0.2, 0.25) is 0 Å². The predicted octanol–water partition coefficient (Wildman–Crippen LogP) is 4.89. The Morgan fingerprint density at radius 3 is 1.42 bits per heavy atom. The first-order valence-corrected chi connectivity index (χ1v) is 12.6. The second kappa shape index (κ2) is 12.6. The number of halogens is 1. The van der Waals surface area contributed by atoms with E-state index in [1.807, 2.05) is 91.0 Å². The highest BCUT2D eigenvalue weighted by atomic mass is 127. The van der Waals surface area contributed by atoms with Crippen LogP contribution in [0.25, 0.3) is 0 Å². The molecule has 0 aliphatic carbocycles. The van der Waals surface area contributed by atoms with Crippen molar-refractivity contribution in [2.45, 2.75) is 50.5 Å². The third-order valence-electron chi connectivity index (χ3n) is 5.62. The highest BCUT2D eigenvalue weighted by molar-refractivity contribution is 14.1. The van der Waals surface area contributed by atoms with Crippen molar-refractivity contribution in [2.75, 3.05) is 4.43 Å². The molecule has 33 heavy (non-hydrogen) atoms. The predicted molar refractivity (Wildman–Crippen MR) is 135 cm³/mol. The Kier molecular flexibility index (Phi) is 9.28. The second-order valence-corrected chi connectivity index (χ2v) is 8.88. The summed E-state index contributed by atoms with van der Waals surface area (Å²) in [5.41, 5.74) is 3.14. The summed E-state index contributed by atoms with van der Waals surface area (Å²) in [6.07, 6.45) is -3.00. The highest BCUT2D eigenvalue weighted by Crippen LogP contribution is 2.30. The molecular formula is C27H29IO5. The second-order valence-electron chi connectivity index (χ2n) is 8.00. The van der Waals surface area contributed by atoms with Gasteiger partial charge in [-0.3, -0.25) is 0 Å². The van der Waals surface area contributed by atoms with E-state index in [0.717, 1.165) is 16.7 Å². The maximum Gasteiger partial charge on any atom is 0.184 e. The van der Waals surface area contributed by atoms with Gasteiger partial charge in [0.25, 0.3) is 0 Å². The van der Waals surface area contributed by atoms with Gasteiger partial charge in [0.1, 0.15) is 18.3 Å². The third kappa shape index (κ3) is 6.85. The largest absolute Gasteiger partial charge is 0.368 e. The van der Waals surface area contributed by atoms with Crippen molar-refractivity contribution in [2.24, 2.45) is 0 Å². The van der Waals surface area contributed by atoms with E-state index in [4.69, 9.17) is 18.9 Å². The normalized spacial score (nSPS) is 25.1. The summed E-state index contributed by atoms with van der Waals surface area (Å²) in [6, 6.07) is 29.9. The number of benzene rings is 3. The fourth-order valence-electron chi connectivity index (χ4n) is 3.89. The molecule has 1 aliphatic heterocycles. The van der Waals surface area contributed by atoms with Crippen molar-refractivity contribution in [1.29, 1.82) is 0 Å². The van der Waals surface area contributed by atoms with Gasteiger partial charge in [-0.15, -0.1) is 0 Å². The van der Waals surface area contributed by atoms with Crippen molar-refractivity contribution < 1.29 is 24.1 Å². The van der Waals surface area contributed by atoms with E-state index in [1.54, 1.807) is 0 Å². The van der Waals surface area contributed by atoms with Crippen LogP contribution >= 0.6 is 22.6 Å². The van der Waals surface area contributed by atoms with E-state index in [2.05, 4.69) is 22.6 Å². The summed E-state index contributed by atoms with van der Waals surface area (Å²) in [5.74, 6) is 0. The molecule has 0 aromatic heterocycles. The van der Waals surface area contributed by atoms with Crippen LogP contribution in [0.3, 0.4) is 0 Å². The fraction of sp³-hybridized carbons (Fsp3) is 0.333. The quantitative estimate of drug-likeness (QED) is 0.283. The minimum absolute atomic E-state index is 0.318. The van der Waals surface area contributed by atoms with Crippen LogP contribution in [0.5, 0.6) is 0 Å². The molecule has 1 aliphatic rings. The molecule has 5 atom stereocenters. The Bertz CT molecular complexity index is 941. The van der Waals surface area contributed by atoms with Gasteiger partial charge < -0.3 is 24.1 Å². The zero-order chi connectivity index (χ0) is 22.9. The third-order valence-corrected chi connectivity index (χ3v) is 6.49. The number of aliphatic hydroxyl groups excluding tert-OH is 1. The van der Waals surface area contributed by atoms with Gasteiger partial charge in [0, 0.05) is 4.43 Å². The molecule has 3 aromatic rings. The van der Waals surface area contributed by atoms with Crippen LogP contribution in [0.2, 0.25) is 0 Å². The number of aliphatic hydroxyl groups is 1. The number of alkyl halides is 1. The molecule has 4 rings (SSSR count). The molecule has 6 heteroatoms. The summed E-state index contributed by atoms with van der Waals surface area (Å²) >= 11 is 2.26. The maximum absolute atomic E-state index is 10.8. The van der Waals surface area contributed by atoms with Crippen molar-refractivity contribution >= 4 is 22.6 Å². The van der Waals surface area contributed by atoms with Gasteiger partial charge in [-0.25, -0.2) is 0 Å². The van der Waals surface area contributed by atoms with Crippen molar-refractivity contribution in [3.8, 4) is 0 Å². The molecule has 1 saturated heterocycles. The van der Waals surface area contributed by atoms with E-state index in [1.165, 1.54) is 0 Å². The average molecular weight is 560 g/mol. The van der Waals surface area contributed by atoms with E-state index < -0.39 is 24.6 Å². The van der Waals surface area contributed by atoms with Crippen molar-refractivity contribution in [1.82, 2.24) is 0 Å². The Labute approximate surface area is 208 Å². The molecule has 1 N–H and O–H groups in total. The number of ether oxygens (including phenoxy) is 4. The first-order valence-electron chi connectivity index (χ1n) is 11.1. The first-order chi connectivity index (χ1) is 16.2. The van der Waals surface area contributed by atoms with Crippen LogP contribution in [-0.4, -0.2) is 40.2 Å². The monoisotopic (exact) mass is 560 g/mol. The molecule has 0 bridgehead atoms. The van der Waals surface area contributed by atoms with Crippen LogP contribution < -0.4 is 0 Å². The van der Waals surface area contributed by atoms with Crippen LogP contribution in [0.1, 0.15) is 16.7 Å². The lowest BCUT2D eigenvalue weighted by Crippen LogP contribution is -2.60. The lowest BCUT2D eigenvalue weighted by Gasteiger charge is -2.44. The van der Waals surface area contributed by atoms with Crippen molar-refractivity contribution in [3.05, 3.63) is 108 Å². The Morgan fingerprint density at radius 1 is 0.606 bits per heavy atom. The molecule has 0 radical (unpaired) electrons. The smallest absolute Gasteiger partial charge is 0.184 e. The molecule has 1 heterocycles. The van der Waals surface area contributed by atoms with Crippen LogP contribution in [0, 0.1) is 0 Å². The van der Waals surface area contributed by atoms with Crippen LogP contribution in [0.15, 0.2) is 91.0 Å².